The standard InChI is InChI=1S/C11H10F3NOS/c1-17-10-4-2-9(3-5-10)16-7-8(6-15)11(12,13)14/h2-5,8H,7H2,1H3. The van der Waals surface area contributed by atoms with Crippen LogP contribution in [-0.2, 0) is 0 Å². The number of halogens is 3. The van der Waals surface area contributed by atoms with Crippen molar-refractivity contribution in [2.45, 2.75) is 11.1 Å². The van der Waals surface area contributed by atoms with Gasteiger partial charge in [0.2, 0.25) is 0 Å². The third kappa shape index (κ3) is 4.19. The molecular formula is C11H10F3NOS. The number of alkyl halides is 3. The molecule has 0 aliphatic carbocycles. The molecule has 92 valence electrons. The smallest absolute Gasteiger partial charge is 0.407 e. The Hall–Kier alpha value is -1.35. The van der Waals surface area contributed by atoms with Crippen LogP contribution >= 0.6 is 11.8 Å². The number of hydrogen-bond donors (Lipinski definition) is 0. The average molecular weight is 261 g/mol. The lowest BCUT2D eigenvalue weighted by Crippen LogP contribution is -2.27. The number of nitriles is 1. The molecule has 1 aromatic carbocycles. The lowest BCUT2D eigenvalue weighted by atomic mass is 10.2. The van der Waals surface area contributed by atoms with Gasteiger partial charge in [-0.15, -0.1) is 11.8 Å². The van der Waals surface area contributed by atoms with Crippen LogP contribution in [0.4, 0.5) is 13.2 Å². The van der Waals surface area contributed by atoms with Crippen molar-refractivity contribution < 1.29 is 17.9 Å². The highest BCUT2D eigenvalue weighted by Crippen LogP contribution is 2.27. The van der Waals surface area contributed by atoms with Crippen molar-refractivity contribution in [2.24, 2.45) is 5.92 Å². The van der Waals surface area contributed by atoms with Crippen LogP contribution in [0.15, 0.2) is 29.2 Å². The van der Waals surface area contributed by atoms with E-state index in [9.17, 15) is 13.2 Å². The Morgan fingerprint density at radius 3 is 2.35 bits per heavy atom. The minimum atomic E-state index is -4.55. The van der Waals surface area contributed by atoms with Crippen LogP contribution in [0.3, 0.4) is 0 Å². The Morgan fingerprint density at radius 1 is 1.35 bits per heavy atom. The van der Waals surface area contributed by atoms with E-state index < -0.39 is 18.7 Å². The maximum atomic E-state index is 12.2. The van der Waals surface area contributed by atoms with E-state index >= 15 is 0 Å². The maximum absolute atomic E-state index is 12.2. The van der Waals surface area contributed by atoms with Gasteiger partial charge in [0, 0.05) is 4.90 Å². The fourth-order valence-electron chi connectivity index (χ4n) is 1.06. The van der Waals surface area contributed by atoms with Crippen LogP contribution in [0, 0.1) is 17.2 Å². The van der Waals surface area contributed by atoms with Crippen molar-refractivity contribution in [1.82, 2.24) is 0 Å². The van der Waals surface area contributed by atoms with E-state index in [1.807, 2.05) is 6.26 Å². The van der Waals surface area contributed by atoms with Gasteiger partial charge in [-0.2, -0.15) is 18.4 Å². The topological polar surface area (TPSA) is 33.0 Å². The van der Waals surface area contributed by atoms with Crippen molar-refractivity contribution in [2.75, 3.05) is 12.9 Å². The number of thioether (sulfide) groups is 1. The summed E-state index contributed by atoms with van der Waals surface area (Å²) in [6.07, 6.45) is -2.65. The summed E-state index contributed by atoms with van der Waals surface area (Å²) in [4.78, 5) is 0.991. The zero-order chi connectivity index (χ0) is 12.9. The van der Waals surface area contributed by atoms with Gasteiger partial charge in [-0.25, -0.2) is 0 Å². The zero-order valence-electron chi connectivity index (χ0n) is 8.99. The number of benzene rings is 1. The van der Waals surface area contributed by atoms with E-state index in [4.69, 9.17) is 10.00 Å². The molecule has 1 rings (SSSR count). The summed E-state index contributed by atoms with van der Waals surface area (Å²) in [5.74, 6) is -1.77. The summed E-state index contributed by atoms with van der Waals surface area (Å²) in [7, 11) is 0. The van der Waals surface area contributed by atoms with Gasteiger partial charge in [0.25, 0.3) is 0 Å². The normalized spacial score (nSPS) is 12.9. The molecule has 0 amide bonds. The fraction of sp³-hybridized carbons (Fsp3) is 0.364. The second-order valence-electron chi connectivity index (χ2n) is 3.21. The van der Waals surface area contributed by atoms with Crippen LogP contribution < -0.4 is 4.74 Å². The minimum Gasteiger partial charge on any atom is -0.492 e. The molecule has 0 spiro atoms. The summed E-state index contributed by atoms with van der Waals surface area (Å²) in [6.45, 7) is -0.682. The molecule has 0 bridgehead atoms. The largest absolute Gasteiger partial charge is 0.492 e. The molecule has 6 heteroatoms. The molecule has 1 unspecified atom stereocenters. The Morgan fingerprint density at radius 2 is 1.94 bits per heavy atom. The molecule has 1 aromatic rings. The van der Waals surface area contributed by atoms with Crippen molar-refractivity contribution in [3.63, 3.8) is 0 Å². The Bertz CT molecular complexity index is 397. The molecule has 17 heavy (non-hydrogen) atoms. The molecule has 0 aromatic heterocycles. The van der Waals surface area contributed by atoms with E-state index in [-0.39, 0.29) is 0 Å². The van der Waals surface area contributed by atoms with E-state index in [0.29, 0.717) is 5.75 Å². The summed E-state index contributed by atoms with van der Waals surface area (Å²) < 4.78 is 41.6. The third-order valence-electron chi connectivity index (χ3n) is 2.03. The van der Waals surface area contributed by atoms with Crippen molar-refractivity contribution in [3.8, 4) is 11.8 Å². The predicted molar refractivity (Wildman–Crippen MR) is 58.9 cm³/mol. The monoisotopic (exact) mass is 261 g/mol. The number of ether oxygens (including phenoxy) is 1. The maximum Gasteiger partial charge on any atom is 0.407 e. The minimum absolute atomic E-state index is 0.326. The van der Waals surface area contributed by atoms with Gasteiger partial charge in [0.15, 0.2) is 5.92 Å². The molecule has 0 saturated heterocycles. The van der Waals surface area contributed by atoms with Gasteiger partial charge in [-0.05, 0) is 30.5 Å². The second-order valence-corrected chi connectivity index (χ2v) is 4.09. The summed E-state index contributed by atoms with van der Waals surface area (Å²) in [5, 5.41) is 8.37. The first kappa shape index (κ1) is 13.7. The first-order chi connectivity index (χ1) is 7.97. The number of nitrogens with zero attached hydrogens (tertiary/aromatic N) is 1. The van der Waals surface area contributed by atoms with Gasteiger partial charge in [-0.1, -0.05) is 0 Å². The highest BCUT2D eigenvalue weighted by Gasteiger charge is 2.40. The highest BCUT2D eigenvalue weighted by molar-refractivity contribution is 7.98. The molecule has 0 heterocycles. The quantitative estimate of drug-likeness (QED) is 0.778. The van der Waals surface area contributed by atoms with E-state index in [2.05, 4.69) is 0 Å². The fourth-order valence-corrected chi connectivity index (χ4v) is 1.46. The van der Waals surface area contributed by atoms with Crippen molar-refractivity contribution in [3.05, 3.63) is 24.3 Å². The van der Waals surface area contributed by atoms with Gasteiger partial charge in [0.1, 0.15) is 12.4 Å². The van der Waals surface area contributed by atoms with E-state index in [1.54, 1.807) is 24.3 Å². The van der Waals surface area contributed by atoms with Crippen LogP contribution in [0.25, 0.3) is 0 Å². The van der Waals surface area contributed by atoms with Crippen LogP contribution in [0.1, 0.15) is 0 Å². The molecule has 0 aliphatic heterocycles. The number of hydrogen-bond acceptors (Lipinski definition) is 3. The van der Waals surface area contributed by atoms with Crippen LogP contribution in [0.5, 0.6) is 5.75 Å². The van der Waals surface area contributed by atoms with Gasteiger partial charge >= 0.3 is 6.18 Å². The SMILES string of the molecule is CSc1ccc(OCC(C#N)C(F)(F)F)cc1. The molecule has 1 atom stereocenters. The molecule has 0 saturated carbocycles. The Kier molecular flexibility index (Phi) is 4.70. The zero-order valence-corrected chi connectivity index (χ0v) is 9.81. The lowest BCUT2D eigenvalue weighted by Gasteiger charge is -2.14. The molecule has 0 fully saturated rings. The first-order valence-corrected chi connectivity index (χ1v) is 5.93. The van der Waals surface area contributed by atoms with E-state index in [1.165, 1.54) is 17.8 Å². The van der Waals surface area contributed by atoms with Crippen LogP contribution in [-0.4, -0.2) is 19.0 Å². The lowest BCUT2D eigenvalue weighted by molar-refractivity contribution is -0.165. The molecule has 0 N–H and O–H groups in total. The number of rotatable bonds is 4. The Balaban J connectivity index is 2.58. The third-order valence-corrected chi connectivity index (χ3v) is 2.77. The average Bonchev–Trinajstić information content (AvgIpc) is 2.29. The summed E-state index contributed by atoms with van der Waals surface area (Å²) in [6, 6.07) is 7.83. The van der Waals surface area contributed by atoms with E-state index in [0.717, 1.165) is 4.90 Å². The molecule has 0 radical (unpaired) electrons. The highest BCUT2D eigenvalue weighted by atomic mass is 32.2. The first-order valence-electron chi connectivity index (χ1n) is 4.70. The van der Waals surface area contributed by atoms with Crippen molar-refractivity contribution >= 4 is 11.8 Å². The van der Waals surface area contributed by atoms with Gasteiger partial charge in [-0.3, -0.25) is 0 Å². The van der Waals surface area contributed by atoms with Gasteiger partial charge < -0.3 is 4.74 Å². The molecule has 2 nitrogen and oxygen atoms in total. The van der Waals surface area contributed by atoms with Crippen molar-refractivity contribution in [1.29, 1.82) is 5.26 Å². The predicted octanol–water partition coefficient (Wildman–Crippen LogP) is 3.49. The molecular weight excluding hydrogens is 251 g/mol. The molecule has 0 aliphatic rings. The van der Waals surface area contributed by atoms with Crippen LogP contribution in [0.2, 0.25) is 0 Å². The van der Waals surface area contributed by atoms with Gasteiger partial charge in [0.05, 0.1) is 6.07 Å². The summed E-state index contributed by atoms with van der Waals surface area (Å²) in [5.41, 5.74) is 0. The summed E-state index contributed by atoms with van der Waals surface area (Å²) >= 11 is 1.52. The Labute approximate surface area is 101 Å². The second kappa shape index (κ2) is 5.82.